The third kappa shape index (κ3) is 5.28. The van der Waals surface area contributed by atoms with Gasteiger partial charge in [-0.2, -0.15) is 5.10 Å². The number of aromatic nitrogens is 2. The highest BCUT2D eigenvalue weighted by Crippen LogP contribution is 2.03. The SMILES string of the molecule is CC(C)CC(C)NCC(O)Cn1cccn1. The molecule has 0 saturated heterocycles. The molecule has 92 valence electrons. The molecule has 0 aliphatic rings. The highest BCUT2D eigenvalue weighted by Gasteiger charge is 2.08. The van der Waals surface area contributed by atoms with Crippen molar-refractivity contribution in [1.82, 2.24) is 15.1 Å². The van der Waals surface area contributed by atoms with Gasteiger partial charge in [0.15, 0.2) is 0 Å². The lowest BCUT2D eigenvalue weighted by atomic mass is 10.1. The topological polar surface area (TPSA) is 50.1 Å². The molecule has 0 saturated carbocycles. The molecule has 0 aliphatic heterocycles. The lowest BCUT2D eigenvalue weighted by Gasteiger charge is -2.18. The average Bonchev–Trinajstić information content (AvgIpc) is 2.66. The van der Waals surface area contributed by atoms with E-state index < -0.39 is 0 Å². The molecule has 2 atom stereocenters. The van der Waals surface area contributed by atoms with Gasteiger partial charge in [-0.3, -0.25) is 4.68 Å². The van der Waals surface area contributed by atoms with Crippen molar-refractivity contribution in [2.75, 3.05) is 6.54 Å². The van der Waals surface area contributed by atoms with Gasteiger partial charge < -0.3 is 10.4 Å². The Morgan fingerprint density at radius 2 is 2.12 bits per heavy atom. The van der Waals surface area contributed by atoms with Crippen molar-refractivity contribution in [3.63, 3.8) is 0 Å². The van der Waals surface area contributed by atoms with Crippen molar-refractivity contribution >= 4 is 0 Å². The van der Waals surface area contributed by atoms with Crippen LogP contribution in [-0.2, 0) is 6.54 Å². The Balaban J connectivity index is 2.17. The fraction of sp³-hybridized carbons (Fsp3) is 0.750. The Morgan fingerprint density at radius 1 is 1.38 bits per heavy atom. The number of rotatable bonds is 7. The Hall–Kier alpha value is -0.870. The zero-order valence-electron chi connectivity index (χ0n) is 10.4. The average molecular weight is 225 g/mol. The first-order valence-electron chi connectivity index (χ1n) is 5.96. The van der Waals surface area contributed by atoms with E-state index in [1.165, 1.54) is 0 Å². The van der Waals surface area contributed by atoms with Gasteiger partial charge in [-0.1, -0.05) is 13.8 Å². The second kappa shape index (κ2) is 6.66. The minimum atomic E-state index is -0.380. The summed E-state index contributed by atoms with van der Waals surface area (Å²) in [7, 11) is 0. The maximum absolute atomic E-state index is 9.78. The normalized spacial score (nSPS) is 15.3. The minimum Gasteiger partial charge on any atom is -0.390 e. The van der Waals surface area contributed by atoms with Gasteiger partial charge in [0.2, 0.25) is 0 Å². The van der Waals surface area contributed by atoms with Crippen LogP contribution in [0.4, 0.5) is 0 Å². The highest BCUT2D eigenvalue weighted by atomic mass is 16.3. The van der Waals surface area contributed by atoms with Crippen molar-refractivity contribution in [3.8, 4) is 0 Å². The van der Waals surface area contributed by atoms with Crippen LogP contribution in [0.1, 0.15) is 27.2 Å². The molecular weight excluding hydrogens is 202 g/mol. The molecule has 0 aromatic carbocycles. The number of aliphatic hydroxyl groups is 1. The molecule has 2 unspecified atom stereocenters. The first-order valence-corrected chi connectivity index (χ1v) is 5.96. The zero-order valence-corrected chi connectivity index (χ0v) is 10.4. The molecule has 0 spiro atoms. The van der Waals surface area contributed by atoms with Gasteiger partial charge in [-0.25, -0.2) is 0 Å². The molecule has 1 rings (SSSR count). The van der Waals surface area contributed by atoms with Crippen molar-refractivity contribution in [2.45, 2.75) is 45.9 Å². The number of hydrogen-bond donors (Lipinski definition) is 2. The quantitative estimate of drug-likeness (QED) is 0.734. The summed E-state index contributed by atoms with van der Waals surface area (Å²) in [5, 5.41) is 17.2. The summed E-state index contributed by atoms with van der Waals surface area (Å²) >= 11 is 0. The second-order valence-corrected chi connectivity index (χ2v) is 4.82. The first-order chi connectivity index (χ1) is 7.58. The monoisotopic (exact) mass is 225 g/mol. The maximum atomic E-state index is 9.78. The lowest BCUT2D eigenvalue weighted by molar-refractivity contribution is 0.142. The molecule has 4 heteroatoms. The van der Waals surface area contributed by atoms with Gasteiger partial charge in [0, 0.05) is 25.0 Å². The van der Waals surface area contributed by atoms with Crippen LogP contribution < -0.4 is 5.32 Å². The molecule has 1 aromatic rings. The summed E-state index contributed by atoms with van der Waals surface area (Å²) in [6.07, 6.45) is 4.34. The van der Waals surface area contributed by atoms with Crippen LogP contribution in [0.2, 0.25) is 0 Å². The fourth-order valence-electron chi connectivity index (χ4n) is 1.82. The fourth-order valence-corrected chi connectivity index (χ4v) is 1.82. The Kier molecular flexibility index (Phi) is 5.49. The molecule has 2 N–H and O–H groups in total. The van der Waals surface area contributed by atoms with Crippen molar-refractivity contribution in [2.24, 2.45) is 5.92 Å². The first kappa shape index (κ1) is 13.2. The van der Waals surface area contributed by atoms with Crippen LogP contribution in [0.15, 0.2) is 18.5 Å². The molecule has 0 amide bonds. The largest absolute Gasteiger partial charge is 0.390 e. The van der Waals surface area contributed by atoms with Crippen LogP contribution in [0, 0.1) is 5.92 Å². The van der Waals surface area contributed by atoms with E-state index in [2.05, 4.69) is 31.2 Å². The molecular formula is C12H23N3O. The summed E-state index contributed by atoms with van der Waals surface area (Å²) in [5.74, 6) is 0.686. The van der Waals surface area contributed by atoms with Crippen LogP contribution in [0.25, 0.3) is 0 Å². The molecule has 1 heterocycles. The van der Waals surface area contributed by atoms with Crippen LogP contribution in [0.3, 0.4) is 0 Å². The van der Waals surface area contributed by atoms with Gasteiger partial charge in [-0.05, 0) is 25.3 Å². The number of hydrogen-bond acceptors (Lipinski definition) is 3. The van der Waals surface area contributed by atoms with E-state index in [0.717, 1.165) is 6.42 Å². The van der Waals surface area contributed by atoms with Gasteiger partial charge in [0.25, 0.3) is 0 Å². The predicted octanol–water partition coefficient (Wildman–Crippen LogP) is 1.27. The predicted molar refractivity (Wildman–Crippen MR) is 65.2 cm³/mol. The molecule has 1 aromatic heterocycles. The molecule has 0 radical (unpaired) electrons. The van der Waals surface area contributed by atoms with E-state index in [1.54, 1.807) is 10.9 Å². The third-order valence-corrected chi connectivity index (χ3v) is 2.48. The second-order valence-electron chi connectivity index (χ2n) is 4.82. The number of nitrogens with zero attached hydrogens (tertiary/aromatic N) is 2. The van der Waals surface area contributed by atoms with E-state index in [4.69, 9.17) is 0 Å². The van der Waals surface area contributed by atoms with E-state index in [0.29, 0.717) is 25.0 Å². The van der Waals surface area contributed by atoms with E-state index >= 15 is 0 Å². The smallest absolute Gasteiger partial charge is 0.0860 e. The Morgan fingerprint density at radius 3 is 2.69 bits per heavy atom. The molecule has 0 aliphatic carbocycles. The van der Waals surface area contributed by atoms with Gasteiger partial charge in [0.05, 0.1) is 12.6 Å². The summed E-state index contributed by atoms with van der Waals surface area (Å²) in [6, 6.07) is 2.31. The molecule has 0 fully saturated rings. The summed E-state index contributed by atoms with van der Waals surface area (Å²) in [4.78, 5) is 0. The Labute approximate surface area is 97.7 Å². The van der Waals surface area contributed by atoms with Crippen LogP contribution in [0.5, 0.6) is 0 Å². The maximum Gasteiger partial charge on any atom is 0.0860 e. The van der Waals surface area contributed by atoms with Crippen LogP contribution >= 0.6 is 0 Å². The van der Waals surface area contributed by atoms with E-state index in [-0.39, 0.29) is 6.10 Å². The van der Waals surface area contributed by atoms with Gasteiger partial charge in [-0.15, -0.1) is 0 Å². The molecule has 16 heavy (non-hydrogen) atoms. The molecule has 0 bridgehead atoms. The summed E-state index contributed by atoms with van der Waals surface area (Å²) in [6.45, 7) is 7.74. The molecule has 4 nitrogen and oxygen atoms in total. The lowest BCUT2D eigenvalue weighted by Crippen LogP contribution is -2.36. The standard InChI is InChI=1S/C12H23N3O/c1-10(2)7-11(3)13-8-12(16)9-15-6-4-5-14-15/h4-6,10-13,16H,7-9H2,1-3H3. The third-order valence-electron chi connectivity index (χ3n) is 2.48. The van der Waals surface area contributed by atoms with Crippen molar-refractivity contribution in [3.05, 3.63) is 18.5 Å². The zero-order chi connectivity index (χ0) is 12.0. The Bertz CT molecular complexity index is 272. The van der Waals surface area contributed by atoms with Crippen molar-refractivity contribution in [1.29, 1.82) is 0 Å². The van der Waals surface area contributed by atoms with Gasteiger partial charge >= 0.3 is 0 Å². The number of nitrogens with one attached hydrogen (secondary N) is 1. The van der Waals surface area contributed by atoms with E-state index in [1.807, 2.05) is 12.3 Å². The summed E-state index contributed by atoms with van der Waals surface area (Å²) < 4.78 is 1.75. The minimum absolute atomic E-state index is 0.380. The van der Waals surface area contributed by atoms with Crippen LogP contribution in [-0.4, -0.2) is 33.6 Å². The van der Waals surface area contributed by atoms with E-state index in [9.17, 15) is 5.11 Å². The summed E-state index contributed by atoms with van der Waals surface area (Å²) in [5.41, 5.74) is 0. The highest BCUT2D eigenvalue weighted by molar-refractivity contribution is 4.79. The van der Waals surface area contributed by atoms with Gasteiger partial charge in [0.1, 0.15) is 0 Å². The van der Waals surface area contributed by atoms with Crippen molar-refractivity contribution < 1.29 is 5.11 Å². The number of aliphatic hydroxyl groups excluding tert-OH is 1.